The number of rotatable bonds is 7. The van der Waals surface area contributed by atoms with Crippen LogP contribution in [-0.2, 0) is 25.5 Å². The minimum absolute atomic E-state index is 0.269. The lowest BCUT2D eigenvalue weighted by atomic mass is 9.80. The Morgan fingerprint density at radius 2 is 1.37 bits per heavy atom. The summed E-state index contributed by atoms with van der Waals surface area (Å²) in [6, 6.07) is 27.2. The summed E-state index contributed by atoms with van der Waals surface area (Å²) in [6.45, 7) is 1.87. The summed E-state index contributed by atoms with van der Waals surface area (Å²) < 4.78 is 5.22. The number of methoxy groups -OCH3 is 1. The molecule has 3 aromatic rings. The lowest BCUT2D eigenvalue weighted by molar-refractivity contribution is -0.147. The van der Waals surface area contributed by atoms with Crippen LogP contribution in [0.5, 0.6) is 0 Å². The lowest BCUT2D eigenvalue weighted by Gasteiger charge is -2.30. The highest BCUT2D eigenvalue weighted by atomic mass is 16.5. The maximum atomic E-state index is 13.7. The van der Waals surface area contributed by atoms with Crippen molar-refractivity contribution in [3.05, 3.63) is 108 Å². The Bertz CT molecular complexity index is 1150. The average Bonchev–Trinajstić information content (AvgIpc) is 3.26. The molecule has 3 aromatic carbocycles. The van der Waals surface area contributed by atoms with Crippen molar-refractivity contribution < 1.29 is 19.1 Å². The van der Waals surface area contributed by atoms with Gasteiger partial charge in [0.25, 0.3) is 0 Å². The number of ether oxygens (including phenoxy) is 1. The van der Waals surface area contributed by atoms with E-state index in [1.54, 1.807) is 4.90 Å². The summed E-state index contributed by atoms with van der Waals surface area (Å²) >= 11 is 0. The fourth-order valence-corrected chi connectivity index (χ4v) is 5.17. The van der Waals surface area contributed by atoms with Gasteiger partial charge < -0.3 is 15.0 Å². The first-order valence-electron chi connectivity index (χ1n) is 11.8. The van der Waals surface area contributed by atoms with Crippen molar-refractivity contribution >= 4 is 17.8 Å². The number of likely N-dealkylation sites (tertiary alicyclic amines) is 1. The summed E-state index contributed by atoms with van der Waals surface area (Å²) in [7, 11) is 1.35. The van der Waals surface area contributed by atoms with E-state index in [4.69, 9.17) is 4.74 Å². The molecule has 0 radical (unpaired) electrons. The number of carbonyl (C=O) groups is 3. The predicted molar refractivity (Wildman–Crippen MR) is 133 cm³/mol. The normalized spacial score (nSPS) is 21.4. The average molecular weight is 471 g/mol. The third-order valence-electron chi connectivity index (χ3n) is 6.65. The van der Waals surface area contributed by atoms with E-state index in [1.165, 1.54) is 14.0 Å². The minimum atomic E-state index is -0.861. The van der Waals surface area contributed by atoms with Crippen LogP contribution in [0.3, 0.4) is 0 Å². The van der Waals surface area contributed by atoms with E-state index in [-0.39, 0.29) is 11.8 Å². The van der Waals surface area contributed by atoms with E-state index in [0.29, 0.717) is 13.0 Å². The predicted octanol–water partition coefficient (Wildman–Crippen LogP) is 3.89. The molecule has 35 heavy (non-hydrogen) atoms. The summed E-state index contributed by atoms with van der Waals surface area (Å²) in [4.78, 5) is 41.6. The molecule has 4 atom stereocenters. The molecule has 4 rings (SSSR count). The molecular weight excluding hydrogens is 440 g/mol. The summed E-state index contributed by atoms with van der Waals surface area (Å²) in [6.07, 6.45) is 0.665. The van der Waals surface area contributed by atoms with Crippen LogP contribution in [-0.4, -0.2) is 42.4 Å². The van der Waals surface area contributed by atoms with Crippen LogP contribution in [0.4, 0.5) is 0 Å². The third-order valence-corrected chi connectivity index (χ3v) is 6.65. The maximum Gasteiger partial charge on any atom is 0.311 e. The van der Waals surface area contributed by atoms with Crippen LogP contribution < -0.4 is 5.32 Å². The van der Waals surface area contributed by atoms with Gasteiger partial charge in [-0.25, -0.2) is 0 Å². The third kappa shape index (κ3) is 5.11. The van der Waals surface area contributed by atoms with Gasteiger partial charge in [0.2, 0.25) is 11.8 Å². The van der Waals surface area contributed by atoms with E-state index < -0.39 is 29.9 Å². The van der Waals surface area contributed by atoms with Crippen molar-refractivity contribution in [1.82, 2.24) is 10.2 Å². The highest BCUT2D eigenvalue weighted by Gasteiger charge is 2.57. The molecule has 0 aliphatic carbocycles. The second kappa shape index (κ2) is 11.0. The van der Waals surface area contributed by atoms with Crippen molar-refractivity contribution in [3.8, 4) is 0 Å². The molecule has 6 nitrogen and oxygen atoms in total. The summed E-state index contributed by atoms with van der Waals surface area (Å²) in [5.74, 6) is -2.29. The first-order valence-corrected chi connectivity index (χ1v) is 11.8. The molecule has 180 valence electrons. The van der Waals surface area contributed by atoms with Crippen LogP contribution in [0.15, 0.2) is 91.0 Å². The molecular formula is C29H30N2O4. The summed E-state index contributed by atoms with van der Waals surface area (Å²) in [5, 5.41) is 3.02. The highest BCUT2D eigenvalue weighted by molar-refractivity contribution is 5.92. The SMILES string of the molecule is COC(=O)C1C(c2ccccc2)C(C(=O)NCCc2ccccc2)N(C(C)=O)C1c1ccccc1. The van der Waals surface area contributed by atoms with Gasteiger partial charge in [0.15, 0.2) is 0 Å². The van der Waals surface area contributed by atoms with Gasteiger partial charge in [0, 0.05) is 19.4 Å². The second-order valence-electron chi connectivity index (χ2n) is 8.74. The van der Waals surface area contributed by atoms with E-state index in [0.717, 1.165) is 16.7 Å². The number of benzene rings is 3. The topological polar surface area (TPSA) is 75.7 Å². The van der Waals surface area contributed by atoms with Crippen LogP contribution in [0.2, 0.25) is 0 Å². The molecule has 1 aliphatic heterocycles. The fourth-order valence-electron chi connectivity index (χ4n) is 5.17. The number of nitrogens with zero attached hydrogens (tertiary/aromatic N) is 1. The molecule has 0 aromatic heterocycles. The van der Waals surface area contributed by atoms with E-state index in [9.17, 15) is 14.4 Å². The maximum absolute atomic E-state index is 13.7. The van der Waals surface area contributed by atoms with Gasteiger partial charge in [-0.1, -0.05) is 91.0 Å². The smallest absolute Gasteiger partial charge is 0.311 e. The summed E-state index contributed by atoms with van der Waals surface area (Å²) in [5.41, 5.74) is 2.71. The Morgan fingerprint density at radius 1 is 0.829 bits per heavy atom. The molecule has 0 spiro atoms. The number of nitrogens with one attached hydrogen (secondary N) is 1. The molecule has 4 unspecified atom stereocenters. The number of carbonyl (C=O) groups excluding carboxylic acids is 3. The van der Waals surface area contributed by atoms with Crippen LogP contribution >= 0.6 is 0 Å². The zero-order valence-corrected chi connectivity index (χ0v) is 20.0. The Kier molecular flexibility index (Phi) is 7.60. The van der Waals surface area contributed by atoms with E-state index in [2.05, 4.69) is 5.32 Å². The van der Waals surface area contributed by atoms with Crippen molar-refractivity contribution in [3.63, 3.8) is 0 Å². The van der Waals surface area contributed by atoms with Crippen LogP contribution in [0.25, 0.3) is 0 Å². The zero-order chi connectivity index (χ0) is 24.8. The second-order valence-corrected chi connectivity index (χ2v) is 8.74. The molecule has 0 saturated carbocycles. The van der Waals surface area contributed by atoms with Gasteiger partial charge in [-0.3, -0.25) is 14.4 Å². The number of hydrogen-bond acceptors (Lipinski definition) is 4. The van der Waals surface area contributed by atoms with Crippen molar-refractivity contribution in [2.24, 2.45) is 5.92 Å². The highest BCUT2D eigenvalue weighted by Crippen LogP contribution is 2.50. The number of esters is 1. The Morgan fingerprint density at radius 3 is 1.91 bits per heavy atom. The number of amides is 2. The standard InChI is InChI=1S/C29H30N2O4/c1-20(32)31-26(23-16-10-5-11-17-23)25(29(34)35-2)24(22-14-8-4-9-15-22)27(31)28(33)30-19-18-21-12-6-3-7-13-21/h3-17,24-27H,18-19H2,1-2H3,(H,30,33). The molecule has 6 heteroatoms. The molecule has 2 amide bonds. The Hall–Kier alpha value is -3.93. The van der Waals surface area contributed by atoms with Gasteiger partial charge in [0.05, 0.1) is 19.1 Å². The van der Waals surface area contributed by atoms with Crippen molar-refractivity contribution in [2.45, 2.75) is 31.3 Å². The molecule has 0 bridgehead atoms. The number of hydrogen-bond donors (Lipinski definition) is 1. The molecule has 1 heterocycles. The van der Waals surface area contributed by atoms with Crippen LogP contribution in [0.1, 0.15) is 35.6 Å². The van der Waals surface area contributed by atoms with Gasteiger partial charge in [-0.2, -0.15) is 0 Å². The largest absolute Gasteiger partial charge is 0.469 e. The first kappa shape index (κ1) is 24.2. The first-order chi connectivity index (χ1) is 17.0. The zero-order valence-electron chi connectivity index (χ0n) is 20.0. The van der Waals surface area contributed by atoms with Gasteiger partial charge in [-0.15, -0.1) is 0 Å². The van der Waals surface area contributed by atoms with Crippen molar-refractivity contribution in [2.75, 3.05) is 13.7 Å². The van der Waals surface area contributed by atoms with Crippen molar-refractivity contribution in [1.29, 1.82) is 0 Å². The molecule has 1 N–H and O–H groups in total. The van der Waals surface area contributed by atoms with E-state index in [1.807, 2.05) is 91.0 Å². The van der Waals surface area contributed by atoms with Gasteiger partial charge in [-0.05, 0) is 23.1 Å². The lowest BCUT2D eigenvalue weighted by Crippen LogP contribution is -2.48. The molecule has 1 saturated heterocycles. The Labute approximate surface area is 205 Å². The molecule has 1 aliphatic rings. The van der Waals surface area contributed by atoms with Gasteiger partial charge >= 0.3 is 5.97 Å². The van der Waals surface area contributed by atoms with Gasteiger partial charge in [0.1, 0.15) is 6.04 Å². The molecule has 1 fully saturated rings. The Balaban J connectivity index is 1.75. The quantitative estimate of drug-likeness (QED) is 0.532. The van der Waals surface area contributed by atoms with E-state index >= 15 is 0 Å². The fraction of sp³-hybridized carbons (Fsp3) is 0.276. The monoisotopic (exact) mass is 470 g/mol. The van der Waals surface area contributed by atoms with Crippen LogP contribution in [0, 0.1) is 5.92 Å². The minimum Gasteiger partial charge on any atom is -0.469 e.